The molecule has 2 N–H and O–H groups in total. The van der Waals surface area contributed by atoms with Gasteiger partial charge in [-0.05, 0) is 46.0 Å². The summed E-state index contributed by atoms with van der Waals surface area (Å²) in [6.45, 7) is 6.07. The molecule has 21 heavy (non-hydrogen) atoms. The number of piperidine rings is 1. The first-order chi connectivity index (χ1) is 9.72. The normalized spacial score (nSPS) is 32.0. The van der Waals surface area contributed by atoms with Gasteiger partial charge in [-0.25, -0.2) is 4.79 Å². The first kappa shape index (κ1) is 16.6. The summed E-state index contributed by atoms with van der Waals surface area (Å²) in [5.74, 6) is 0.155. The summed E-state index contributed by atoms with van der Waals surface area (Å²) in [5, 5.41) is 21.3. The van der Waals surface area contributed by atoms with Gasteiger partial charge in [-0.2, -0.15) is 0 Å². The quantitative estimate of drug-likeness (QED) is 0.779. The van der Waals surface area contributed by atoms with Crippen LogP contribution < -0.4 is 0 Å². The summed E-state index contributed by atoms with van der Waals surface area (Å²) >= 11 is 0. The Kier molecular flexibility index (Phi) is 4.83. The molecule has 1 aliphatic heterocycles. The van der Waals surface area contributed by atoms with Crippen LogP contribution in [0.1, 0.15) is 59.3 Å². The third-order valence-corrected chi connectivity index (χ3v) is 4.72. The number of amides is 1. The van der Waals surface area contributed by atoms with Crippen molar-refractivity contribution in [3.8, 4) is 0 Å². The van der Waals surface area contributed by atoms with Gasteiger partial charge in [0.05, 0.1) is 12.1 Å². The van der Waals surface area contributed by atoms with Crippen molar-refractivity contribution >= 4 is 6.09 Å². The summed E-state index contributed by atoms with van der Waals surface area (Å²) in [7, 11) is 0. The summed E-state index contributed by atoms with van der Waals surface area (Å²) in [4.78, 5) is 13.6. The zero-order valence-corrected chi connectivity index (χ0v) is 13.5. The fraction of sp³-hybridized carbons (Fsp3) is 0.938. The molecule has 2 aliphatic rings. The predicted molar refractivity (Wildman–Crippen MR) is 80.0 cm³/mol. The molecule has 2 rings (SSSR count). The average molecular weight is 299 g/mol. The third kappa shape index (κ3) is 3.89. The Labute approximate surface area is 127 Å². The summed E-state index contributed by atoms with van der Waals surface area (Å²) in [6.07, 6.45) is 4.53. The highest BCUT2D eigenvalue weighted by Crippen LogP contribution is 2.39. The van der Waals surface area contributed by atoms with Crippen LogP contribution >= 0.6 is 0 Å². The van der Waals surface area contributed by atoms with Gasteiger partial charge in [-0.1, -0.05) is 19.3 Å². The van der Waals surface area contributed by atoms with Crippen molar-refractivity contribution in [1.29, 1.82) is 0 Å². The first-order valence-corrected chi connectivity index (χ1v) is 8.11. The second kappa shape index (κ2) is 6.13. The lowest BCUT2D eigenvalue weighted by Gasteiger charge is -2.47. The van der Waals surface area contributed by atoms with Crippen molar-refractivity contribution < 1.29 is 19.7 Å². The standard InChI is InChI=1S/C16H29NO4/c1-15(2,3)21-14(19)17-10-9-16(20,13(18)11-17)12-7-5-4-6-8-12/h12-13,18,20H,4-11H2,1-3H3/t13-,16-/m0/s1. The number of hydrogen-bond donors (Lipinski definition) is 2. The van der Waals surface area contributed by atoms with Crippen molar-refractivity contribution in [2.75, 3.05) is 13.1 Å². The lowest BCUT2D eigenvalue weighted by atomic mass is 9.71. The van der Waals surface area contributed by atoms with Gasteiger partial charge in [0, 0.05) is 6.54 Å². The van der Waals surface area contributed by atoms with Crippen LogP contribution in [0.25, 0.3) is 0 Å². The van der Waals surface area contributed by atoms with Crippen molar-refractivity contribution in [1.82, 2.24) is 4.90 Å². The van der Waals surface area contributed by atoms with E-state index < -0.39 is 23.4 Å². The number of rotatable bonds is 1. The molecule has 0 bridgehead atoms. The van der Waals surface area contributed by atoms with E-state index in [4.69, 9.17) is 4.74 Å². The number of hydrogen-bond acceptors (Lipinski definition) is 4. The maximum Gasteiger partial charge on any atom is 0.410 e. The van der Waals surface area contributed by atoms with E-state index in [2.05, 4.69) is 0 Å². The van der Waals surface area contributed by atoms with E-state index in [1.54, 1.807) is 0 Å². The fourth-order valence-electron chi connectivity index (χ4n) is 3.51. The van der Waals surface area contributed by atoms with Crippen LogP contribution in [0.4, 0.5) is 4.79 Å². The summed E-state index contributed by atoms with van der Waals surface area (Å²) in [6, 6.07) is 0. The first-order valence-electron chi connectivity index (χ1n) is 8.11. The molecule has 5 heteroatoms. The molecule has 1 amide bonds. The molecule has 2 fully saturated rings. The van der Waals surface area contributed by atoms with Crippen molar-refractivity contribution in [2.45, 2.75) is 76.6 Å². The minimum Gasteiger partial charge on any atom is -0.444 e. The molecule has 1 heterocycles. The number of aliphatic hydroxyl groups excluding tert-OH is 1. The molecule has 0 radical (unpaired) electrons. The van der Waals surface area contributed by atoms with Crippen LogP contribution in [0.3, 0.4) is 0 Å². The summed E-state index contributed by atoms with van der Waals surface area (Å²) in [5.41, 5.74) is -1.59. The highest BCUT2D eigenvalue weighted by Gasteiger charge is 2.47. The highest BCUT2D eigenvalue weighted by atomic mass is 16.6. The smallest absolute Gasteiger partial charge is 0.410 e. The minimum absolute atomic E-state index is 0.155. The van der Waals surface area contributed by atoms with Crippen LogP contribution in [-0.4, -0.2) is 51.6 Å². The number of β-amino-alcohol motifs (C(OH)–C–C–N with tert-alkyl or cyclic N) is 1. The number of carbonyl (C=O) groups is 1. The molecule has 0 aromatic carbocycles. The van der Waals surface area contributed by atoms with E-state index in [0.717, 1.165) is 25.7 Å². The Bertz CT molecular complexity index is 373. The number of aliphatic hydroxyl groups is 2. The molecule has 0 unspecified atom stereocenters. The van der Waals surface area contributed by atoms with Gasteiger partial charge in [0.1, 0.15) is 11.7 Å². The summed E-state index contributed by atoms with van der Waals surface area (Å²) < 4.78 is 5.33. The van der Waals surface area contributed by atoms with Crippen LogP contribution in [0.15, 0.2) is 0 Å². The van der Waals surface area contributed by atoms with E-state index in [1.807, 2.05) is 20.8 Å². The minimum atomic E-state index is -1.04. The van der Waals surface area contributed by atoms with Crippen LogP contribution in [0, 0.1) is 5.92 Å². The van der Waals surface area contributed by atoms with Crippen molar-refractivity contribution in [2.24, 2.45) is 5.92 Å². The van der Waals surface area contributed by atoms with Crippen molar-refractivity contribution in [3.63, 3.8) is 0 Å². The Balaban J connectivity index is 1.96. The zero-order valence-electron chi connectivity index (χ0n) is 13.5. The second-order valence-corrected chi connectivity index (χ2v) is 7.52. The number of carbonyl (C=O) groups excluding carboxylic acids is 1. The fourth-order valence-corrected chi connectivity index (χ4v) is 3.51. The molecule has 0 aromatic rings. The molecule has 122 valence electrons. The lowest BCUT2D eigenvalue weighted by Crippen LogP contribution is -2.60. The van der Waals surface area contributed by atoms with Gasteiger partial charge >= 0.3 is 6.09 Å². The van der Waals surface area contributed by atoms with Gasteiger partial charge < -0.3 is 19.8 Å². The second-order valence-electron chi connectivity index (χ2n) is 7.52. The van der Waals surface area contributed by atoms with E-state index in [-0.39, 0.29) is 12.5 Å². The molecule has 5 nitrogen and oxygen atoms in total. The largest absolute Gasteiger partial charge is 0.444 e. The Morgan fingerprint density at radius 2 is 1.86 bits per heavy atom. The van der Waals surface area contributed by atoms with Crippen LogP contribution in [0.5, 0.6) is 0 Å². The van der Waals surface area contributed by atoms with Gasteiger partial charge in [-0.3, -0.25) is 0 Å². The van der Waals surface area contributed by atoms with E-state index >= 15 is 0 Å². The molecule has 0 spiro atoms. The maximum atomic E-state index is 12.1. The highest BCUT2D eigenvalue weighted by molar-refractivity contribution is 5.68. The van der Waals surface area contributed by atoms with E-state index in [1.165, 1.54) is 11.3 Å². The van der Waals surface area contributed by atoms with E-state index in [0.29, 0.717) is 13.0 Å². The molecular formula is C16H29NO4. The van der Waals surface area contributed by atoms with Gasteiger partial charge in [0.15, 0.2) is 0 Å². The number of ether oxygens (including phenoxy) is 1. The Morgan fingerprint density at radius 1 is 1.24 bits per heavy atom. The monoisotopic (exact) mass is 299 g/mol. The topological polar surface area (TPSA) is 70.0 Å². The lowest BCUT2D eigenvalue weighted by molar-refractivity contribution is -0.155. The van der Waals surface area contributed by atoms with Crippen LogP contribution in [-0.2, 0) is 4.74 Å². The molecule has 2 atom stereocenters. The molecular weight excluding hydrogens is 270 g/mol. The van der Waals surface area contributed by atoms with Crippen LogP contribution in [0.2, 0.25) is 0 Å². The maximum absolute atomic E-state index is 12.1. The SMILES string of the molecule is CC(C)(C)OC(=O)N1CC[C@](O)(C2CCCCC2)[C@@H](O)C1. The number of nitrogens with zero attached hydrogens (tertiary/aromatic N) is 1. The van der Waals surface area contributed by atoms with Gasteiger partial charge in [0.2, 0.25) is 0 Å². The Morgan fingerprint density at radius 3 is 2.38 bits per heavy atom. The molecule has 1 saturated heterocycles. The van der Waals surface area contributed by atoms with Gasteiger partial charge in [-0.15, -0.1) is 0 Å². The zero-order chi connectivity index (χ0) is 15.7. The Hall–Kier alpha value is -0.810. The number of likely N-dealkylation sites (tertiary alicyclic amines) is 1. The molecule has 0 aromatic heterocycles. The van der Waals surface area contributed by atoms with E-state index in [9.17, 15) is 15.0 Å². The van der Waals surface area contributed by atoms with Gasteiger partial charge in [0.25, 0.3) is 0 Å². The third-order valence-electron chi connectivity index (χ3n) is 4.72. The predicted octanol–water partition coefficient (Wildman–Crippen LogP) is 2.30. The van der Waals surface area contributed by atoms with Crippen molar-refractivity contribution in [3.05, 3.63) is 0 Å². The molecule has 1 aliphatic carbocycles. The average Bonchev–Trinajstić information content (AvgIpc) is 2.41. The molecule has 1 saturated carbocycles.